The van der Waals surface area contributed by atoms with E-state index in [1.54, 1.807) is 7.11 Å². The second-order valence-electron chi connectivity index (χ2n) is 4.71. The Morgan fingerprint density at radius 1 is 1.13 bits per heavy atom. The normalized spacial score (nSPS) is 11.0. The van der Waals surface area contributed by atoms with Gasteiger partial charge in [0.15, 0.2) is 5.96 Å². The summed E-state index contributed by atoms with van der Waals surface area (Å²) in [6.07, 6.45) is 0.926. The van der Waals surface area contributed by atoms with Crippen LogP contribution in [-0.4, -0.2) is 46.0 Å². The molecule has 23 heavy (non-hydrogen) atoms. The van der Waals surface area contributed by atoms with Crippen LogP contribution in [0.2, 0.25) is 5.02 Å². The van der Waals surface area contributed by atoms with Gasteiger partial charge in [-0.25, -0.2) is 4.99 Å². The fraction of sp³-hybridized carbons (Fsp3) is 0.562. The molecule has 0 radical (unpaired) electrons. The molecule has 0 fully saturated rings. The molecule has 0 aliphatic heterocycles. The maximum atomic E-state index is 5.87. The third kappa shape index (κ3) is 11.6. The van der Waals surface area contributed by atoms with Crippen LogP contribution >= 0.6 is 35.6 Å². The van der Waals surface area contributed by atoms with E-state index in [0.717, 1.165) is 36.1 Å². The van der Waals surface area contributed by atoms with Gasteiger partial charge in [0.05, 0.1) is 19.8 Å². The molecule has 0 aliphatic carbocycles. The summed E-state index contributed by atoms with van der Waals surface area (Å²) >= 11 is 5.87. The minimum Gasteiger partial charge on any atom is -0.382 e. The molecule has 1 rings (SSSR count). The Kier molecular flexibility index (Phi) is 14.6. The number of methoxy groups -OCH3 is 1. The highest BCUT2D eigenvalue weighted by atomic mass is 127. The van der Waals surface area contributed by atoms with Gasteiger partial charge >= 0.3 is 0 Å². The highest BCUT2D eigenvalue weighted by Crippen LogP contribution is 2.10. The van der Waals surface area contributed by atoms with Gasteiger partial charge in [0.25, 0.3) is 0 Å². The molecule has 0 saturated heterocycles. The molecule has 0 aromatic heterocycles. The molecular formula is C16H27ClIN3O2. The minimum atomic E-state index is 0. The van der Waals surface area contributed by atoms with Crippen molar-refractivity contribution in [2.24, 2.45) is 4.99 Å². The van der Waals surface area contributed by atoms with Gasteiger partial charge in [0, 0.05) is 31.8 Å². The van der Waals surface area contributed by atoms with E-state index < -0.39 is 0 Å². The maximum absolute atomic E-state index is 5.87. The van der Waals surface area contributed by atoms with Crippen LogP contribution in [0.25, 0.3) is 0 Å². The molecule has 0 heterocycles. The number of guanidine groups is 1. The van der Waals surface area contributed by atoms with Crippen molar-refractivity contribution < 1.29 is 9.47 Å². The smallest absolute Gasteiger partial charge is 0.191 e. The molecule has 7 heteroatoms. The molecule has 0 spiro atoms. The lowest BCUT2D eigenvalue weighted by Gasteiger charge is -2.11. The Balaban J connectivity index is 0.00000484. The predicted octanol–water partition coefficient (Wildman–Crippen LogP) is 3.07. The number of aliphatic imine (C=N–C) groups is 1. The number of benzene rings is 1. The SMILES string of the molecule is CCNC(=NCc1ccc(Cl)cc1)NCCCOCCOC.I. The summed E-state index contributed by atoms with van der Waals surface area (Å²) < 4.78 is 10.3. The lowest BCUT2D eigenvalue weighted by Crippen LogP contribution is -2.38. The van der Waals surface area contributed by atoms with Crippen LogP contribution < -0.4 is 10.6 Å². The fourth-order valence-electron chi connectivity index (χ4n) is 1.73. The standard InChI is InChI=1S/C16H26ClN3O2.HI/c1-3-18-16(19-9-4-10-22-12-11-21-2)20-13-14-5-7-15(17)8-6-14;/h5-8H,3-4,9-13H2,1-2H3,(H2,18,19,20);1H. The minimum absolute atomic E-state index is 0. The van der Waals surface area contributed by atoms with Gasteiger partial charge in [-0.2, -0.15) is 0 Å². The summed E-state index contributed by atoms with van der Waals surface area (Å²) in [5.74, 6) is 0.814. The molecule has 1 aromatic carbocycles. The first kappa shape index (κ1) is 22.4. The molecule has 5 nitrogen and oxygen atoms in total. The molecule has 132 valence electrons. The molecule has 0 amide bonds. The number of halogens is 2. The van der Waals surface area contributed by atoms with Gasteiger partial charge in [0.2, 0.25) is 0 Å². The Morgan fingerprint density at radius 3 is 2.52 bits per heavy atom. The average Bonchev–Trinajstić information content (AvgIpc) is 2.53. The van der Waals surface area contributed by atoms with Crippen molar-refractivity contribution in [1.82, 2.24) is 10.6 Å². The number of nitrogens with zero attached hydrogens (tertiary/aromatic N) is 1. The molecule has 0 atom stereocenters. The van der Waals surface area contributed by atoms with Gasteiger partial charge in [-0.1, -0.05) is 23.7 Å². The Bertz CT molecular complexity index is 430. The zero-order valence-electron chi connectivity index (χ0n) is 13.8. The number of ether oxygens (including phenoxy) is 2. The van der Waals surface area contributed by atoms with Crippen molar-refractivity contribution in [3.63, 3.8) is 0 Å². The third-order valence-electron chi connectivity index (χ3n) is 2.87. The highest BCUT2D eigenvalue weighted by Gasteiger charge is 1.98. The number of hydrogen-bond acceptors (Lipinski definition) is 3. The first-order chi connectivity index (χ1) is 10.8. The van der Waals surface area contributed by atoms with E-state index in [9.17, 15) is 0 Å². The monoisotopic (exact) mass is 455 g/mol. The lowest BCUT2D eigenvalue weighted by atomic mass is 10.2. The van der Waals surface area contributed by atoms with Crippen molar-refractivity contribution in [1.29, 1.82) is 0 Å². The highest BCUT2D eigenvalue weighted by molar-refractivity contribution is 14.0. The van der Waals surface area contributed by atoms with Crippen LogP contribution in [-0.2, 0) is 16.0 Å². The molecule has 0 aliphatic rings. The first-order valence-electron chi connectivity index (χ1n) is 7.59. The summed E-state index contributed by atoms with van der Waals surface area (Å²) in [5.41, 5.74) is 1.13. The van der Waals surface area contributed by atoms with E-state index in [1.165, 1.54) is 0 Å². The second-order valence-corrected chi connectivity index (χ2v) is 5.14. The topological polar surface area (TPSA) is 54.9 Å². The zero-order chi connectivity index (χ0) is 16.0. The zero-order valence-corrected chi connectivity index (χ0v) is 16.9. The Morgan fingerprint density at radius 2 is 1.87 bits per heavy atom. The van der Waals surface area contributed by atoms with Gasteiger partial charge in [-0.05, 0) is 31.0 Å². The summed E-state index contributed by atoms with van der Waals surface area (Å²) in [6.45, 7) is 6.31. The number of rotatable bonds is 10. The third-order valence-corrected chi connectivity index (χ3v) is 3.12. The van der Waals surface area contributed by atoms with Gasteiger partial charge in [-0.15, -0.1) is 24.0 Å². The molecule has 0 unspecified atom stereocenters. The van der Waals surface area contributed by atoms with E-state index in [0.29, 0.717) is 26.4 Å². The Hall–Kier alpha value is -0.570. The van der Waals surface area contributed by atoms with Crippen LogP contribution in [0.1, 0.15) is 18.9 Å². The number of nitrogens with one attached hydrogen (secondary N) is 2. The van der Waals surface area contributed by atoms with Crippen molar-refractivity contribution in [2.75, 3.05) is 40.0 Å². The van der Waals surface area contributed by atoms with Crippen molar-refractivity contribution >= 4 is 41.5 Å². The number of hydrogen-bond donors (Lipinski definition) is 2. The second kappa shape index (κ2) is 15.0. The summed E-state index contributed by atoms with van der Waals surface area (Å²) in [6, 6.07) is 7.73. The largest absolute Gasteiger partial charge is 0.382 e. The summed E-state index contributed by atoms with van der Waals surface area (Å²) in [4.78, 5) is 4.55. The summed E-state index contributed by atoms with van der Waals surface area (Å²) in [5, 5.41) is 7.26. The van der Waals surface area contributed by atoms with Gasteiger partial charge in [0.1, 0.15) is 0 Å². The summed E-state index contributed by atoms with van der Waals surface area (Å²) in [7, 11) is 1.67. The van der Waals surface area contributed by atoms with E-state index in [1.807, 2.05) is 31.2 Å². The van der Waals surface area contributed by atoms with Crippen molar-refractivity contribution in [2.45, 2.75) is 19.9 Å². The van der Waals surface area contributed by atoms with E-state index in [2.05, 4.69) is 15.6 Å². The molecule has 0 bridgehead atoms. The van der Waals surface area contributed by atoms with Gasteiger partial charge in [-0.3, -0.25) is 0 Å². The first-order valence-corrected chi connectivity index (χ1v) is 7.97. The lowest BCUT2D eigenvalue weighted by molar-refractivity contribution is 0.0698. The van der Waals surface area contributed by atoms with Gasteiger partial charge < -0.3 is 20.1 Å². The van der Waals surface area contributed by atoms with E-state index in [4.69, 9.17) is 21.1 Å². The predicted molar refractivity (Wildman–Crippen MR) is 107 cm³/mol. The van der Waals surface area contributed by atoms with Crippen LogP contribution in [0.4, 0.5) is 0 Å². The van der Waals surface area contributed by atoms with E-state index in [-0.39, 0.29) is 24.0 Å². The molecule has 0 saturated carbocycles. The molecule has 1 aromatic rings. The molecular weight excluding hydrogens is 429 g/mol. The van der Waals surface area contributed by atoms with Crippen LogP contribution in [0.3, 0.4) is 0 Å². The Labute approximate surface area is 161 Å². The average molecular weight is 456 g/mol. The van der Waals surface area contributed by atoms with Crippen LogP contribution in [0, 0.1) is 0 Å². The quantitative estimate of drug-likeness (QED) is 0.246. The van der Waals surface area contributed by atoms with Crippen molar-refractivity contribution in [3.05, 3.63) is 34.9 Å². The maximum Gasteiger partial charge on any atom is 0.191 e. The van der Waals surface area contributed by atoms with E-state index >= 15 is 0 Å². The van der Waals surface area contributed by atoms with Crippen LogP contribution in [0.15, 0.2) is 29.3 Å². The van der Waals surface area contributed by atoms with Crippen LogP contribution in [0.5, 0.6) is 0 Å². The fourth-order valence-corrected chi connectivity index (χ4v) is 1.85. The molecule has 2 N–H and O–H groups in total. The van der Waals surface area contributed by atoms with Crippen molar-refractivity contribution in [3.8, 4) is 0 Å².